The minimum atomic E-state index is -1.09. The SMILES string of the molecule is CCN(CC)C(=O)[O-].[Na+]. The third-order valence-electron chi connectivity index (χ3n) is 1.02. The molecule has 0 N–H and O–H groups in total. The zero-order valence-corrected chi connectivity index (χ0v) is 8.18. The summed E-state index contributed by atoms with van der Waals surface area (Å²) < 4.78 is 0. The summed E-state index contributed by atoms with van der Waals surface area (Å²) in [5.74, 6) is 0. The van der Waals surface area contributed by atoms with Crippen LogP contribution >= 0.6 is 0 Å². The van der Waals surface area contributed by atoms with Gasteiger partial charge in [0.25, 0.3) is 0 Å². The monoisotopic (exact) mass is 139 g/mol. The molecular weight excluding hydrogens is 129 g/mol. The van der Waals surface area contributed by atoms with Crippen molar-refractivity contribution in [1.82, 2.24) is 4.90 Å². The molecule has 9 heavy (non-hydrogen) atoms. The van der Waals surface area contributed by atoms with Gasteiger partial charge in [0.2, 0.25) is 0 Å². The van der Waals surface area contributed by atoms with Crippen molar-refractivity contribution < 1.29 is 39.5 Å². The van der Waals surface area contributed by atoms with Crippen LogP contribution in [0.5, 0.6) is 0 Å². The molecule has 0 rings (SSSR count). The molecule has 4 heteroatoms. The van der Waals surface area contributed by atoms with Gasteiger partial charge in [-0.15, -0.1) is 0 Å². The molecule has 0 aromatic carbocycles. The topological polar surface area (TPSA) is 43.4 Å². The predicted octanol–water partition coefficient (Wildman–Crippen LogP) is -3.32. The first-order valence-corrected chi connectivity index (χ1v) is 2.68. The Hall–Kier alpha value is 0.270. The standard InChI is InChI=1S/C5H11NO2.Na/c1-3-6(4-2)5(7)8;/h3-4H2,1-2H3,(H,7,8);/q;+1/p-1. The van der Waals surface area contributed by atoms with Gasteiger partial charge in [-0.3, -0.25) is 0 Å². The second kappa shape index (κ2) is 6.39. The van der Waals surface area contributed by atoms with Crippen molar-refractivity contribution in [3.63, 3.8) is 0 Å². The third-order valence-corrected chi connectivity index (χ3v) is 1.02. The Morgan fingerprint density at radius 3 is 1.78 bits per heavy atom. The van der Waals surface area contributed by atoms with Crippen LogP contribution in [-0.2, 0) is 0 Å². The molecule has 0 atom stereocenters. The summed E-state index contributed by atoms with van der Waals surface area (Å²) in [5, 5.41) is 9.98. The summed E-state index contributed by atoms with van der Waals surface area (Å²) in [6.45, 7) is 4.58. The Kier molecular flexibility index (Phi) is 8.52. The molecule has 48 valence electrons. The number of carboxylic acid groups (broad SMARTS) is 1. The summed E-state index contributed by atoms with van der Waals surface area (Å²) in [7, 11) is 0. The maximum atomic E-state index is 9.98. The van der Waals surface area contributed by atoms with Gasteiger partial charge in [-0.25, -0.2) is 0 Å². The average molecular weight is 139 g/mol. The van der Waals surface area contributed by atoms with Crippen LogP contribution in [0.1, 0.15) is 13.8 Å². The second-order valence-corrected chi connectivity index (χ2v) is 1.44. The average Bonchev–Trinajstić information content (AvgIpc) is 1.69. The Morgan fingerprint density at radius 1 is 1.44 bits per heavy atom. The van der Waals surface area contributed by atoms with Crippen molar-refractivity contribution in [3.8, 4) is 0 Å². The van der Waals surface area contributed by atoms with E-state index in [1.165, 1.54) is 4.90 Å². The zero-order valence-electron chi connectivity index (χ0n) is 6.18. The third kappa shape index (κ3) is 4.75. The first-order valence-electron chi connectivity index (χ1n) is 2.68. The fraction of sp³-hybridized carbons (Fsp3) is 0.800. The van der Waals surface area contributed by atoms with Crippen LogP contribution < -0.4 is 34.7 Å². The van der Waals surface area contributed by atoms with E-state index in [2.05, 4.69) is 0 Å². The van der Waals surface area contributed by atoms with E-state index in [4.69, 9.17) is 0 Å². The zero-order chi connectivity index (χ0) is 6.57. The molecule has 0 unspecified atom stereocenters. The molecule has 0 bridgehead atoms. The number of rotatable bonds is 2. The molecule has 0 spiro atoms. The molecule has 0 saturated carbocycles. The minimum absolute atomic E-state index is 0. The summed E-state index contributed by atoms with van der Waals surface area (Å²) in [4.78, 5) is 11.2. The summed E-state index contributed by atoms with van der Waals surface area (Å²) in [6.07, 6.45) is -1.09. The van der Waals surface area contributed by atoms with Gasteiger partial charge in [0.1, 0.15) is 6.09 Å². The van der Waals surface area contributed by atoms with Gasteiger partial charge in [-0.05, 0) is 13.8 Å². The summed E-state index contributed by atoms with van der Waals surface area (Å²) in [6, 6.07) is 0. The van der Waals surface area contributed by atoms with Crippen LogP contribution in [0.25, 0.3) is 0 Å². The van der Waals surface area contributed by atoms with E-state index >= 15 is 0 Å². The molecule has 0 aliphatic heterocycles. The minimum Gasteiger partial charge on any atom is -0.530 e. The van der Waals surface area contributed by atoms with Crippen LogP contribution in [-0.4, -0.2) is 24.1 Å². The fourth-order valence-electron chi connectivity index (χ4n) is 0.482. The van der Waals surface area contributed by atoms with Crippen molar-refractivity contribution in [2.75, 3.05) is 13.1 Å². The Morgan fingerprint density at radius 2 is 1.78 bits per heavy atom. The quantitative estimate of drug-likeness (QED) is 0.376. The number of hydrogen-bond donors (Lipinski definition) is 0. The van der Waals surface area contributed by atoms with E-state index < -0.39 is 6.09 Å². The molecule has 0 saturated heterocycles. The van der Waals surface area contributed by atoms with Crippen LogP contribution in [0, 0.1) is 0 Å². The predicted molar refractivity (Wildman–Crippen MR) is 28.3 cm³/mol. The Bertz CT molecular complexity index is 83.0. The van der Waals surface area contributed by atoms with Crippen LogP contribution in [0.3, 0.4) is 0 Å². The number of amides is 1. The molecule has 0 radical (unpaired) electrons. The van der Waals surface area contributed by atoms with Gasteiger partial charge in [0, 0.05) is 13.1 Å². The van der Waals surface area contributed by atoms with Gasteiger partial charge in [0.15, 0.2) is 0 Å². The van der Waals surface area contributed by atoms with Gasteiger partial charge < -0.3 is 14.8 Å². The molecule has 0 aromatic heterocycles. The van der Waals surface area contributed by atoms with E-state index in [1.807, 2.05) is 0 Å². The van der Waals surface area contributed by atoms with Gasteiger partial charge in [0.05, 0.1) is 0 Å². The van der Waals surface area contributed by atoms with Crippen LogP contribution in [0.4, 0.5) is 4.79 Å². The summed E-state index contributed by atoms with van der Waals surface area (Å²) in [5.41, 5.74) is 0. The molecule has 0 heterocycles. The number of carbonyl (C=O) groups excluding carboxylic acids is 1. The molecule has 0 fully saturated rings. The number of carbonyl (C=O) groups is 1. The van der Waals surface area contributed by atoms with Crippen molar-refractivity contribution in [1.29, 1.82) is 0 Å². The number of nitrogens with zero attached hydrogens (tertiary/aromatic N) is 1. The van der Waals surface area contributed by atoms with Gasteiger partial charge in [-0.2, -0.15) is 0 Å². The van der Waals surface area contributed by atoms with Crippen molar-refractivity contribution in [2.24, 2.45) is 0 Å². The fourth-order valence-corrected chi connectivity index (χ4v) is 0.482. The second-order valence-electron chi connectivity index (χ2n) is 1.44. The Balaban J connectivity index is 0. The van der Waals surface area contributed by atoms with E-state index in [0.717, 1.165) is 0 Å². The Labute approximate surface area is 77.3 Å². The van der Waals surface area contributed by atoms with E-state index in [-0.39, 0.29) is 29.6 Å². The first-order chi connectivity index (χ1) is 3.72. The number of hydrogen-bond acceptors (Lipinski definition) is 2. The largest absolute Gasteiger partial charge is 1.00 e. The maximum Gasteiger partial charge on any atom is 1.00 e. The van der Waals surface area contributed by atoms with Gasteiger partial charge >= 0.3 is 29.6 Å². The smallest absolute Gasteiger partial charge is 0.530 e. The maximum absolute atomic E-state index is 9.98. The van der Waals surface area contributed by atoms with Crippen LogP contribution in [0.2, 0.25) is 0 Å². The summed E-state index contributed by atoms with van der Waals surface area (Å²) >= 11 is 0. The van der Waals surface area contributed by atoms with Crippen molar-refractivity contribution in [3.05, 3.63) is 0 Å². The van der Waals surface area contributed by atoms with E-state index in [9.17, 15) is 9.90 Å². The van der Waals surface area contributed by atoms with Crippen molar-refractivity contribution >= 4 is 6.09 Å². The van der Waals surface area contributed by atoms with Crippen molar-refractivity contribution in [2.45, 2.75) is 13.8 Å². The molecule has 1 amide bonds. The molecule has 0 aliphatic rings. The normalized spacial score (nSPS) is 7.78. The van der Waals surface area contributed by atoms with Gasteiger partial charge in [-0.1, -0.05) is 0 Å². The molecule has 3 nitrogen and oxygen atoms in total. The molecular formula is C5H10NNaO2. The van der Waals surface area contributed by atoms with E-state index in [0.29, 0.717) is 13.1 Å². The first kappa shape index (κ1) is 12.0. The molecule has 0 aromatic rings. The molecule has 0 aliphatic carbocycles. The van der Waals surface area contributed by atoms with Crippen LogP contribution in [0.15, 0.2) is 0 Å². The van der Waals surface area contributed by atoms with E-state index in [1.54, 1.807) is 13.8 Å².